The molecule has 0 atom stereocenters. The molecule has 0 saturated heterocycles. The molecule has 0 bridgehead atoms. The summed E-state index contributed by atoms with van der Waals surface area (Å²) in [4.78, 5) is 10.5. The number of nitro groups is 1. The highest BCUT2D eigenvalue weighted by Gasteiger charge is 2.18. The summed E-state index contributed by atoms with van der Waals surface area (Å²) >= 11 is 5.55. The molecule has 0 aromatic heterocycles. The first kappa shape index (κ1) is 13.8. The highest BCUT2D eigenvalue weighted by Crippen LogP contribution is 2.32. The molecule has 0 amide bonds. The Morgan fingerprint density at radius 1 is 1.35 bits per heavy atom. The molecule has 0 unspecified atom stereocenters. The van der Waals surface area contributed by atoms with Crippen LogP contribution in [0.2, 0.25) is 0 Å². The van der Waals surface area contributed by atoms with Crippen LogP contribution in [0.1, 0.15) is 24.0 Å². The van der Waals surface area contributed by atoms with Crippen LogP contribution in [0.5, 0.6) is 5.75 Å². The zero-order chi connectivity index (χ0) is 12.8. The van der Waals surface area contributed by atoms with Crippen molar-refractivity contribution in [2.45, 2.75) is 26.7 Å². The summed E-state index contributed by atoms with van der Waals surface area (Å²) in [5.41, 5.74) is 1.69. The van der Waals surface area contributed by atoms with E-state index in [1.165, 1.54) is 6.07 Å². The number of nitrogens with zero attached hydrogens (tertiary/aromatic N) is 1. The van der Waals surface area contributed by atoms with Crippen LogP contribution in [0.4, 0.5) is 5.69 Å². The quantitative estimate of drug-likeness (QED) is 0.339. The minimum atomic E-state index is -0.406. The molecule has 0 radical (unpaired) electrons. The molecule has 4 nitrogen and oxygen atoms in total. The monoisotopic (exact) mass is 257 g/mol. The van der Waals surface area contributed by atoms with E-state index < -0.39 is 4.92 Å². The molecule has 5 heteroatoms. The molecule has 0 fully saturated rings. The van der Waals surface area contributed by atoms with E-state index in [4.69, 9.17) is 16.3 Å². The van der Waals surface area contributed by atoms with Crippen LogP contribution in [0.25, 0.3) is 0 Å². The first-order chi connectivity index (χ1) is 8.06. The van der Waals surface area contributed by atoms with Gasteiger partial charge in [0, 0.05) is 11.9 Å². The van der Waals surface area contributed by atoms with Gasteiger partial charge in [-0.1, -0.05) is 6.07 Å². The van der Waals surface area contributed by atoms with Gasteiger partial charge in [-0.25, -0.2) is 0 Å². The third-order valence-corrected chi connectivity index (χ3v) is 2.64. The van der Waals surface area contributed by atoms with Crippen molar-refractivity contribution in [2.75, 3.05) is 12.5 Å². The summed E-state index contributed by atoms with van der Waals surface area (Å²) in [6, 6.07) is 3.41. The van der Waals surface area contributed by atoms with E-state index in [0.717, 1.165) is 24.0 Å². The molecule has 0 aliphatic heterocycles. The lowest BCUT2D eigenvalue weighted by atomic mass is 10.1. The summed E-state index contributed by atoms with van der Waals surface area (Å²) in [7, 11) is 0. The normalized spacial score (nSPS) is 10.3. The number of halogens is 1. The predicted molar refractivity (Wildman–Crippen MR) is 68.0 cm³/mol. The zero-order valence-electron chi connectivity index (χ0n) is 10.0. The molecule has 94 valence electrons. The summed E-state index contributed by atoms with van der Waals surface area (Å²) < 4.78 is 5.49. The van der Waals surface area contributed by atoms with Crippen molar-refractivity contribution in [1.82, 2.24) is 0 Å². The topological polar surface area (TPSA) is 52.4 Å². The Labute approximate surface area is 106 Å². The largest absolute Gasteiger partial charge is 0.487 e. The first-order valence-corrected chi connectivity index (χ1v) is 6.04. The van der Waals surface area contributed by atoms with Gasteiger partial charge in [-0.3, -0.25) is 10.1 Å². The number of unbranched alkanes of at least 4 members (excludes halogenated alkanes) is 1. The minimum Gasteiger partial charge on any atom is -0.487 e. The maximum Gasteiger partial charge on any atom is 0.311 e. The molecule has 1 rings (SSSR count). The van der Waals surface area contributed by atoms with Crippen molar-refractivity contribution in [3.05, 3.63) is 33.4 Å². The average molecular weight is 258 g/mol. The lowest BCUT2D eigenvalue weighted by Crippen LogP contribution is -2.03. The molecular weight excluding hydrogens is 242 g/mol. The van der Waals surface area contributed by atoms with Crippen LogP contribution < -0.4 is 4.74 Å². The molecule has 0 saturated carbocycles. The van der Waals surface area contributed by atoms with E-state index in [1.807, 2.05) is 19.9 Å². The summed E-state index contributed by atoms with van der Waals surface area (Å²) in [5, 5.41) is 10.9. The van der Waals surface area contributed by atoms with Gasteiger partial charge in [-0.2, -0.15) is 0 Å². The Morgan fingerprint density at radius 2 is 2.06 bits per heavy atom. The Hall–Kier alpha value is -1.29. The number of alkyl halides is 1. The highest BCUT2D eigenvalue weighted by atomic mass is 35.5. The van der Waals surface area contributed by atoms with E-state index in [2.05, 4.69) is 0 Å². The number of aryl methyl sites for hydroxylation is 2. The minimum absolute atomic E-state index is 0.0355. The highest BCUT2D eigenvalue weighted by molar-refractivity contribution is 6.17. The molecule has 0 N–H and O–H groups in total. The second-order valence-corrected chi connectivity index (χ2v) is 4.31. The lowest BCUT2D eigenvalue weighted by Gasteiger charge is -2.10. The number of rotatable bonds is 6. The fourth-order valence-corrected chi connectivity index (χ4v) is 1.82. The number of benzene rings is 1. The molecule has 1 aromatic carbocycles. The third kappa shape index (κ3) is 3.89. The summed E-state index contributed by atoms with van der Waals surface area (Å²) in [6.45, 7) is 4.10. The fraction of sp³-hybridized carbons (Fsp3) is 0.500. The van der Waals surface area contributed by atoms with Crippen molar-refractivity contribution in [3.63, 3.8) is 0 Å². The van der Waals surface area contributed by atoms with E-state index in [1.54, 1.807) is 0 Å². The Kier molecular flexibility index (Phi) is 5.22. The van der Waals surface area contributed by atoms with Crippen LogP contribution in [0, 0.1) is 24.0 Å². The smallest absolute Gasteiger partial charge is 0.311 e. The van der Waals surface area contributed by atoms with Crippen LogP contribution in [-0.2, 0) is 0 Å². The van der Waals surface area contributed by atoms with Crippen molar-refractivity contribution < 1.29 is 9.66 Å². The van der Waals surface area contributed by atoms with Crippen LogP contribution in [-0.4, -0.2) is 17.4 Å². The van der Waals surface area contributed by atoms with E-state index in [-0.39, 0.29) is 5.69 Å². The SMILES string of the molecule is Cc1cc(C)c(OCCCCCl)c([N+](=O)[O-])c1. The number of hydrogen-bond acceptors (Lipinski definition) is 3. The molecule has 0 aliphatic rings. The average Bonchev–Trinajstić information content (AvgIpc) is 2.25. The second kappa shape index (κ2) is 6.45. The number of hydrogen-bond donors (Lipinski definition) is 0. The van der Waals surface area contributed by atoms with Gasteiger partial charge < -0.3 is 4.74 Å². The van der Waals surface area contributed by atoms with Gasteiger partial charge in [0.2, 0.25) is 0 Å². The molecule has 0 heterocycles. The third-order valence-electron chi connectivity index (χ3n) is 2.37. The van der Waals surface area contributed by atoms with Gasteiger partial charge in [-0.15, -0.1) is 11.6 Å². The summed E-state index contributed by atoms with van der Waals surface area (Å²) in [5.74, 6) is 0.952. The van der Waals surface area contributed by atoms with Gasteiger partial charge in [-0.05, 0) is 37.8 Å². The molecule has 17 heavy (non-hydrogen) atoms. The molecule has 0 aliphatic carbocycles. The maximum atomic E-state index is 10.9. The van der Waals surface area contributed by atoms with Gasteiger partial charge in [0.15, 0.2) is 5.75 Å². The predicted octanol–water partition coefficient (Wildman–Crippen LogP) is 3.61. The lowest BCUT2D eigenvalue weighted by molar-refractivity contribution is -0.386. The summed E-state index contributed by atoms with van der Waals surface area (Å²) in [6.07, 6.45) is 1.65. The van der Waals surface area contributed by atoms with E-state index >= 15 is 0 Å². The molecular formula is C12H16ClNO3. The van der Waals surface area contributed by atoms with Crippen LogP contribution in [0.15, 0.2) is 12.1 Å². The van der Waals surface area contributed by atoms with Crippen molar-refractivity contribution in [2.24, 2.45) is 0 Å². The number of ether oxygens (including phenoxy) is 1. The van der Waals surface area contributed by atoms with Crippen molar-refractivity contribution in [1.29, 1.82) is 0 Å². The first-order valence-electron chi connectivity index (χ1n) is 5.50. The van der Waals surface area contributed by atoms with Gasteiger partial charge in [0.25, 0.3) is 0 Å². The van der Waals surface area contributed by atoms with Crippen LogP contribution >= 0.6 is 11.6 Å². The standard InChI is InChI=1S/C12H16ClNO3/c1-9-7-10(2)12(11(8-9)14(15)16)17-6-4-3-5-13/h7-8H,3-6H2,1-2H3. The van der Waals surface area contributed by atoms with E-state index in [0.29, 0.717) is 18.2 Å². The van der Waals surface area contributed by atoms with Gasteiger partial charge in [0.1, 0.15) is 0 Å². The molecule has 1 aromatic rings. The van der Waals surface area contributed by atoms with Crippen molar-refractivity contribution in [3.8, 4) is 5.75 Å². The van der Waals surface area contributed by atoms with Crippen LogP contribution in [0.3, 0.4) is 0 Å². The molecule has 0 spiro atoms. The van der Waals surface area contributed by atoms with Gasteiger partial charge >= 0.3 is 5.69 Å². The fourth-order valence-electron chi connectivity index (χ4n) is 1.63. The van der Waals surface area contributed by atoms with E-state index in [9.17, 15) is 10.1 Å². The van der Waals surface area contributed by atoms with Crippen molar-refractivity contribution >= 4 is 17.3 Å². The Bertz CT molecular complexity index is 407. The van der Waals surface area contributed by atoms with Gasteiger partial charge in [0.05, 0.1) is 11.5 Å². The zero-order valence-corrected chi connectivity index (χ0v) is 10.8. The second-order valence-electron chi connectivity index (χ2n) is 3.93. The number of nitro benzene ring substituents is 1. The Balaban J connectivity index is 2.85. The Morgan fingerprint density at radius 3 is 2.65 bits per heavy atom. The maximum absolute atomic E-state index is 10.9.